The Morgan fingerprint density at radius 1 is 1.12 bits per heavy atom. The van der Waals surface area contributed by atoms with Crippen LogP contribution in [0.15, 0.2) is 48.8 Å². The van der Waals surface area contributed by atoms with E-state index >= 15 is 0 Å². The lowest BCUT2D eigenvalue weighted by molar-refractivity contribution is -0.125. The van der Waals surface area contributed by atoms with Crippen molar-refractivity contribution in [1.29, 1.82) is 0 Å². The molecule has 2 N–H and O–H groups in total. The van der Waals surface area contributed by atoms with Crippen LogP contribution in [-0.4, -0.2) is 45.9 Å². The standard InChI is InChI=1S/C23H25N5O3.ClH/c24-11-19-13-26-12-18(17-6-7-17)10-20(22(26)25-19)28-14-21(29)27(23(28)30)8-9-31-15-16-4-2-1-3-5-16;/h1-5,10,12-13,17H,6-9,11,14-15,24H2;1H. The van der Waals surface area contributed by atoms with E-state index < -0.39 is 0 Å². The summed E-state index contributed by atoms with van der Waals surface area (Å²) in [4.78, 5) is 33.1. The second-order valence-electron chi connectivity index (χ2n) is 8.05. The van der Waals surface area contributed by atoms with Gasteiger partial charge in [-0.05, 0) is 36.0 Å². The minimum absolute atomic E-state index is 0. The van der Waals surface area contributed by atoms with Crippen LogP contribution in [0.25, 0.3) is 5.65 Å². The molecule has 1 aliphatic carbocycles. The first kappa shape index (κ1) is 22.3. The summed E-state index contributed by atoms with van der Waals surface area (Å²) in [6.07, 6.45) is 6.23. The number of carbonyl (C=O) groups excluding carboxylic acids is 2. The number of pyridine rings is 1. The predicted octanol–water partition coefficient (Wildman–Crippen LogP) is 3.08. The van der Waals surface area contributed by atoms with Gasteiger partial charge in [-0.1, -0.05) is 30.3 Å². The molecule has 2 aliphatic rings. The highest BCUT2D eigenvalue weighted by molar-refractivity contribution is 6.13. The lowest BCUT2D eigenvalue weighted by Gasteiger charge is -2.18. The Labute approximate surface area is 192 Å². The van der Waals surface area contributed by atoms with Crippen LogP contribution in [0.3, 0.4) is 0 Å². The maximum absolute atomic E-state index is 13.1. The number of carbonyl (C=O) groups is 2. The van der Waals surface area contributed by atoms with Crippen molar-refractivity contribution in [3.8, 4) is 0 Å². The molecule has 3 aromatic rings. The van der Waals surface area contributed by atoms with Gasteiger partial charge in [0.2, 0.25) is 0 Å². The average molecular weight is 456 g/mol. The molecule has 3 heterocycles. The Balaban J connectivity index is 0.00000245. The van der Waals surface area contributed by atoms with Gasteiger partial charge in [0.25, 0.3) is 5.91 Å². The summed E-state index contributed by atoms with van der Waals surface area (Å²) in [5.41, 5.74) is 10.0. The number of halogens is 1. The molecule has 0 atom stereocenters. The number of anilines is 1. The van der Waals surface area contributed by atoms with E-state index in [4.69, 9.17) is 10.5 Å². The van der Waals surface area contributed by atoms with Crippen molar-refractivity contribution in [1.82, 2.24) is 14.3 Å². The minimum Gasteiger partial charge on any atom is -0.375 e. The van der Waals surface area contributed by atoms with Crippen molar-refractivity contribution in [2.45, 2.75) is 31.9 Å². The highest BCUT2D eigenvalue weighted by Gasteiger charge is 2.38. The molecule has 168 valence electrons. The zero-order valence-corrected chi connectivity index (χ0v) is 18.5. The number of fused-ring (bicyclic) bond motifs is 1. The number of imidazole rings is 1. The van der Waals surface area contributed by atoms with E-state index in [0.29, 0.717) is 37.0 Å². The van der Waals surface area contributed by atoms with E-state index in [2.05, 4.69) is 11.2 Å². The van der Waals surface area contributed by atoms with E-state index in [9.17, 15) is 9.59 Å². The van der Waals surface area contributed by atoms with Crippen LogP contribution in [0.4, 0.5) is 10.5 Å². The van der Waals surface area contributed by atoms with Gasteiger partial charge < -0.3 is 14.9 Å². The lowest BCUT2D eigenvalue weighted by Crippen LogP contribution is -2.35. The number of nitrogens with two attached hydrogens (primary N) is 1. The molecule has 0 spiro atoms. The van der Waals surface area contributed by atoms with E-state index in [-0.39, 0.29) is 37.4 Å². The Kier molecular flexibility index (Phi) is 6.45. The fourth-order valence-electron chi connectivity index (χ4n) is 3.96. The zero-order valence-electron chi connectivity index (χ0n) is 17.6. The molecule has 3 amide bonds. The van der Waals surface area contributed by atoms with Crippen LogP contribution in [0.2, 0.25) is 0 Å². The fraction of sp³-hybridized carbons (Fsp3) is 0.348. The van der Waals surface area contributed by atoms with E-state index in [1.54, 1.807) is 0 Å². The second kappa shape index (κ2) is 9.28. The molecule has 0 radical (unpaired) electrons. The zero-order chi connectivity index (χ0) is 21.4. The lowest BCUT2D eigenvalue weighted by atomic mass is 10.1. The van der Waals surface area contributed by atoms with Gasteiger partial charge in [-0.2, -0.15) is 0 Å². The number of ether oxygens (including phenoxy) is 1. The number of benzene rings is 1. The molecular formula is C23H26ClN5O3. The number of aromatic nitrogens is 2. The number of hydrogen-bond acceptors (Lipinski definition) is 5. The first-order chi connectivity index (χ1) is 15.1. The SMILES string of the molecule is Cl.NCc1cn2cc(C3CC3)cc(N3CC(=O)N(CCOCc4ccccc4)C3=O)c2n1. The second-order valence-corrected chi connectivity index (χ2v) is 8.05. The number of amides is 3. The smallest absolute Gasteiger partial charge is 0.331 e. The van der Waals surface area contributed by atoms with Gasteiger partial charge in [-0.3, -0.25) is 14.6 Å². The van der Waals surface area contributed by atoms with Gasteiger partial charge in [0, 0.05) is 18.9 Å². The highest BCUT2D eigenvalue weighted by atomic mass is 35.5. The monoisotopic (exact) mass is 455 g/mol. The molecule has 8 nitrogen and oxygen atoms in total. The number of nitrogens with zero attached hydrogens (tertiary/aromatic N) is 4. The normalized spacial score (nSPS) is 16.2. The van der Waals surface area contributed by atoms with Crippen LogP contribution in [-0.2, 0) is 22.7 Å². The summed E-state index contributed by atoms with van der Waals surface area (Å²) in [5.74, 6) is 0.275. The molecule has 1 saturated heterocycles. The minimum atomic E-state index is -0.333. The summed E-state index contributed by atoms with van der Waals surface area (Å²) in [7, 11) is 0. The third kappa shape index (κ3) is 4.34. The summed E-state index contributed by atoms with van der Waals surface area (Å²) in [6, 6.07) is 11.5. The van der Waals surface area contributed by atoms with Crippen molar-refractivity contribution in [2.75, 3.05) is 24.6 Å². The topological polar surface area (TPSA) is 93.2 Å². The van der Waals surface area contributed by atoms with Gasteiger partial charge in [-0.25, -0.2) is 9.78 Å². The molecule has 9 heteroatoms. The maximum Gasteiger partial charge on any atom is 0.331 e. The molecule has 0 bridgehead atoms. The van der Waals surface area contributed by atoms with Crippen molar-refractivity contribution in [3.05, 3.63) is 65.6 Å². The first-order valence-electron chi connectivity index (χ1n) is 10.6. The third-order valence-electron chi connectivity index (χ3n) is 5.78. The highest BCUT2D eigenvalue weighted by Crippen LogP contribution is 2.42. The van der Waals surface area contributed by atoms with Gasteiger partial charge in [0.1, 0.15) is 6.54 Å². The molecule has 1 aromatic carbocycles. The Bertz CT molecular complexity index is 1130. The van der Waals surface area contributed by atoms with Crippen LogP contribution in [0, 0.1) is 0 Å². The van der Waals surface area contributed by atoms with Crippen molar-refractivity contribution in [3.63, 3.8) is 0 Å². The number of urea groups is 1. The fourth-order valence-corrected chi connectivity index (χ4v) is 3.96. The Morgan fingerprint density at radius 2 is 1.91 bits per heavy atom. The molecular weight excluding hydrogens is 430 g/mol. The quantitative estimate of drug-likeness (QED) is 0.416. The van der Waals surface area contributed by atoms with Crippen LogP contribution in [0.5, 0.6) is 0 Å². The molecule has 1 aliphatic heterocycles. The van der Waals surface area contributed by atoms with Gasteiger partial charge >= 0.3 is 6.03 Å². The first-order valence-corrected chi connectivity index (χ1v) is 10.6. The molecule has 5 rings (SSSR count). The van der Waals surface area contributed by atoms with Crippen molar-refractivity contribution >= 4 is 35.7 Å². The Hall–Kier alpha value is -2.94. The van der Waals surface area contributed by atoms with E-state index in [1.165, 1.54) is 9.80 Å². The predicted molar refractivity (Wildman–Crippen MR) is 123 cm³/mol. The van der Waals surface area contributed by atoms with Gasteiger partial charge in [-0.15, -0.1) is 12.4 Å². The average Bonchev–Trinajstić information content (AvgIpc) is 3.49. The van der Waals surface area contributed by atoms with Crippen molar-refractivity contribution < 1.29 is 14.3 Å². The molecule has 0 unspecified atom stereocenters. The largest absolute Gasteiger partial charge is 0.375 e. The molecule has 1 saturated carbocycles. The van der Waals surface area contributed by atoms with Gasteiger partial charge in [0.05, 0.1) is 31.1 Å². The van der Waals surface area contributed by atoms with Gasteiger partial charge in [0.15, 0.2) is 5.65 Å². The van der Waals surface area contributed by atoms with Crippen molar-refractivity contribution in [2.24, 2.45) is 5.73 Å². The Morgan fingerprint density at radius 3 is 2.62 bits per heavy atom. The summed E-state index contributed by atoms with van der Waals surface area (Å²) >= 11 is 0. The number of hydrogen-bond donors (Lipinski definition) is 1. The number of imide groups is 1. The molecule has 32 heavy (non-hydrogen) atoms. The molecule has 2 aromatic heterocycles. The maximum atomic E-state index is 13.1. The van der Waals surface area contributed by atoms with Crippen LogP contribution in [0.1, 0.15) is 35.6 Å². The van der Waals surface area contributed by atoms with Crippen LogP contribution < -0.4 is 10.6 Å². The van der Waals surface area contributed by atoms with E-state index in [1.807, 2.05) is 47.0 Å². The third-order valence-corrected chi connectivity index (χ3v) is 5.78. The summed E-state index contributed by atoms with van der Waals surface area (Å²) < 4.78 is 7.60. The summed E-state index contributed by atoms with van der Waals surface area (Å²) in [5, 5.41) is 0. The number of rotatable bonds is 8. The van der Waals surface area contributed by atoms with E-state index in [0.717, 1.165) is 29.7 Å². The summed E-state index contributed by atoms with van der Waals surface area (Å²) in [6.45, 7) is 1.28. The van der Waals surface area contributed by atoms with Crippen LogP contribution >= 0.6 is 12.4 Å². The molecule has 2 fully saturated rings.